The molecule has 0 unspecified atom stereocenters. The van der Waals surface area contributed by atoms with E-state index in [0.29, 0.717) is 13.2 Å². The third-order valence-corrected chi connectivity index (χ3v) is 4.99. The fourth-order valence-electron chi connectivity index (χ4n) is 3.62. The van der Waals surface area contributed by atoms with Gasteiger partial charge in [0.25, 0.3) is 5.91 Å². The second-order valence-electron chi connectivity index (χ2n) is 6.58. The molecule has 5 nitrogen and oxygen atoms in total. The van der Waals surface area contributed by atoms with Crippen molar-refractivity contribution in [1.82, 2.24) is 14.5 Å². The molecule has 1 aromatic carbocycles. The zero-order valence-electron chi connectivity index (χ0n) is 13.9. The molecule has 0 saturated carbocycles. The molecule has 0 bridgehead atoms. The fourth-order valence-corrected chi connectivity index (χ4v) is 3.62. The number of imidazole rings is 1. The molecular weight excluding hydrogens is 302 g/mol. The van der Waals surface area contributed by atoms with Crippen LogP contribution in [0.25, 0.3) is 0 Å². The van der Waals surface area contributed by atoms with E-state index >= 15 is 0 Å². The number of aryl methyl sites for hydroxylation is 2. The van der Waals surface area contributed by atoms with E-state index in [1.807, 2.05) is 17.3 Å². The van der Waals surface area contributed by atoms with Gasteiger partial charge in [-0.2, -0.15) is 0 Å². The van der Waals surface area contributed by atoms with Crippen molar-refractivity contribution < 1.29 is 9.53 Å². The summed E-state index contributed by atoms with van der Waals surface area (Å²) in [4.78, 5) is 19.0. The molecule has 2 aromatic rings. The summed E-state index contributed by atoms with van der Waals surface area (Å²) in [5.74, 6) is 0.136. The maximum absolute atomic E-state index is 12.5. The summed E-state index contributed by atoms with van der Waals surface area (Å²) in [6, 6.07) is 10.5. The van der Waals surface area contributed by atoms with Crippen molar-refractivity contribution in [2.75, 3.05) is 13.2 Å². The van der Waals surface area contributed by atoms with Gasteiger partial charge in [-0.1, -0.05) is 30.3 Å². The number of amides is 1. The zero-order valence-corrected chi connectivity index (χ0v) is 13.9. The normalized spacial score (nSPS) is 20.2. The summed E-state index contributed by atoms with van der Waals surface area (Å²) in [5, 5.41) is 0. The van der Waals surface area contributed by atoms with Gasteiger partial charge in [0.15, 0.2) is 0 Å². The largest absolute Gasteiger partial charge is 0.368 e. The second-order valence-corrected chi connectivity index (χ2v) is 6.58. The molecule has 3 heterocycles. The summed E-state index contributed by atoms with van der Waals surface area (Å²) in [6.07, 6.45) is 5.42. The molecule has 0 radical (unpaired) electrons. The number of hydrogen-bond donors (Lipinski definition) is 0. The molecule has 2 aliphatic heterocycles. The molecule has 4 rings (SSSR count). The number of rotatable bonds is 4. The first kappa shape index (κ1) is 15.4. The van der Waals surface area contributed by atoms with Crippen molar-refractivity contribution in [3.05, 3.63) is 53.6 Å². The lowest BCUT2D eigenvalue weighted by Gasteiger charge is -2.29. The van der Waals surface area contributed by atoms with E-state index in [1.54, 1.807) is 0 Å². The Kier molecular flexibility index (Phi) is 4.34. The average Bonchev–Trinajstić information content (AvgIpc) is 3.30. The van der Waals surface area contributed by atoms with Crippen LogP contribution in [0.2, 0.25) is 0 Å². The van der Waals surface area contributed by atoms with Crippen molar-refractivity contribution in [3.63, 3.8) is 0 Å². The number of benzene rings is 1. The Morgan fingerprint density at radius 2 is 2.17 bits per heavy atom. The van der Waals surface area contributed by atoms with Crippen LogP contribution in [0.1, 0.15) is 29.8 Å². The van der Waals surface area contributed by atoms with Crippen molar-refractivity contribution >= 4 is 5.91 Å². The maximum Gasteiger partial charge on any atom is 0.252 e. The van der Waals surface area contributed by atoms with E-state index in [2.05, 4.69) is 33.8 Å². The van der Waals surface area contributed by atoms with Crippen LogP contribution in [0.4, 0.5) is 0 Å². The molecule has 2 aliphatic rings. The van der Waals surface area contributed by atoms with Gasteiger partial charge in [-0.15, -0.1) is 0 Å². The van der Waals surface area contributed by atoms with Crippen LogP contribution >= 0.6 is 0 Å². The molecule has 5 heteroatoms. The first-order chi connectivity index (χ1) is 11.8. The molecule has 126 valence electrons. The highest BCUT2D eigenvalue weighted by molar-refractivity contribution is 5.81. The van der Waals surface area contributed by atoms with Gasteiger partial charge in [-0.25, -0.2) is 4.98 Å². The highest BCUT2D eigenvalue weighted by Crippen LogP contribution is 2.22. The highest BCUT2D eigenvalue weighted by atomic mass is 16.5. The van der Waals surface area contributed by atoms with Crippen LogP contribution in [0.15, 0.2) is 36.7 Å². The number of carbonyl (C=O) groups is 1. The van der Waals surface area contributed by atoms with E-state index in [1.165, 1.54) is 11.3 Å². The Balaban J connectivity index is 1.41. The molecule has 1 saturated heterocycles. The molecule has 1 fully saturated rings. The Bertz CT molecular complexity index is 705. The quantitative estimate of drug-likeness (QED) is 0.866. The molecule has 0 aliphatic carbocycles. The van der Waals surface area contributed by atoms with Gasteiger partial charge in [0.05, 0.1) is 18.6 Å². The van der Waals surface area contributed by atoms with Gasteiger partial charge in [0, 0.05) is 31.8 Å². The van der Waals surface area contributed by atoms with Gasteiger partial charge in [0.2, 0.25) is 0 Å². The second kappa shape index (κ2) is 6.77. The Morgan fingerprint density at radius 3 is 2.96 bits per heavy atom. The molecule has 1 atom stereocenters. The van der Waals surface area contributed by atoms with Crippen LogP contribution in [0, 0.1) is 0 Å². The highest BCUT2D eigenvalue weighted by Gasteiger charge is 2.31. The minimum absolute atomic E-state index is 0.136. The summed E-state index contributed by atoms with van der Waals surface area (Å²) in [7, 11) is 0. The number of nitrogens with zero attached hydrogens (tertiary/aromatic N) is 3. The minimum atomic E-state index is -0.230. The van der Waals surface area contributed by atoms with E-state index in [0.717, 1.165) is 44.5 Å². The standard InChI is InChI=1S/C19H23N3O2/c23-19(18-7-4-12-24-18)21-11-9-17-16(13-21)20-14-22(17)10-8-15-5-2-1-3-6-15/h1-3,5-6,14,18H,4,7-13H2/t18-/m0/s1. The van der Waals surface area contributed by atoms with Crippen molar-refractivity contribution in [1.29, 1.82) is 0 Å². The number of aromatic nitrogens is 2. The Morgan fingerprint density at radius 1 is 1.29 bits per heavy atom. The first-order valence-electron chi connectivity index (χ1n) is 8.78. The summed E-state index contributed by atoms with van der Waals surface area (Å²) in [6.45, 7) is 3.03. The van der Waals surface area contributed by atoms with Crippen molar-refractivity contribution in [2.45, 2.75) is 44.9 Å². The van der Waals surface area contributed by atoms with Crippen LogP contribution in [-0.2, 0) is 35.5 Å². The van der Waals surface area contributed by atoms with E-state index in [9.17, 15) is 4.79 Å². The van der Waals surface area contributed by atoms with E-state index in [-0.39, 0.29) is 12.0 Å². The Hall–Kier alpha value is -2.14. The predicted octanol–water partition coefficient (Wildman–Crippen LogP) is 2.19. The fraction of sp³-hybridized carbons (Fsp3) is 0.474. The third-order valence-electron chi connectivity index (χ3n) is 4.99. The van der Waals surface area contributed by atoms with Crippen molar-refractivity contribution in [2.24, 2.45) is 0 Å². The van der Waals surface area contributed by atoms with Crippen LogP contribution < -0.4 is 0 Å². The van der Waals surface area contributed by atoms with E-state index in [4.69, 9.17) is 4.74 Å². The summed E-state index contributed by atoms with van der Waals surface area (Å²) < 4.78 is 7.78. The maximum atomic E-state index is 12.5. The summed E-state index contributed by atoms with van der Waals surface area (Å²) >= 11 is 0. The lowest BCUT2D eigenvalue weighted by Crippen LogP contribution is -2.42. The van der Waals surface area contributed by atoms with Gasteiger partial charge in [-0.3, -0.25) is 4.79 Å². The van der Waals surface area contributed by atoms with Gasteiger partial charge in [0.1, 0.15) is 6.10 Å². The molecule has 0 spiro atoms. The third kappa shape index (κ3) is 3.08. The van der Waals surface area contributed by atoms with Gasteiger partial charge < -0.3 is 14.2 Å². The molecular formula is C19H23N3O2. The Labute approximate surface area is 142 Å². The lowest BCUT2D eigenvalue weighted by molar-refractivity contribution is -0.141. The summed E-state index contributed by atoms with van der Waals surface area (Å²) in [5.41, 5.74) is 3.66. The molecule has 0 N–H and O–H groups in total. The van der Waals surface area contributed by atoms with Crippen molar-refractivity contribution in [3.8, 4) is 0 Å². The lowest BCUT2D eigenvalue weighted by atomic mass is 10.1. The zero-order chi connectivity index (χ0) is 16.4. The molecule has 24 heavy (non-hydrogen) atoms. The average molecular weight is 325 g/mol. The number of fused-ring (bicyclic) bond motifs is 1. The number of carbonyl (C=O) groups excluding carboxylic acids is 1. The number of ether oxygens (including phenoxy) is 1. The smallest absolute Gasteiger partial charge is 0.252 e. The topological polar surface area (TPSA) is 47.4 Å². The number of hydrogen-bond acceptors (Lipinski definition) is 3. The monoisotopic (exact) mass is 325 g/mol. The minimum Gasteiger partial charge on any atom is -0.368 e. The SMILES string of the molecule is O=C([C@@H]1CCCO1)N1CCc2c(ncn2CCc2ccccc2)C1. The van der Waals surface area contributed by atoms with Crippen LogP contribution in [-0.4, -0.2) is 39.6 Å². The van der Waals surface area contributed by atoms with Gasteiger partial charge in [-0.05, 0) is 24.8 Å². The van der Waals surface area contributed by atoms with E-state index < -0.39 is 0 Å². The molecule has 1 aromatic heterocycles. The van der Waals surface area contributed by atoms with Crippen LogP contribution in [0.3, 0.4) is 0 Å². The van der Waals surface area contributed by atoms with Crippen LogP contribution in [0.5, 0.6) is 0 Å². The van der Waals surface area contributed by atoms with Gasteiger partial charge >= 0.3 is 0 Å². The predicted molar refractivity (Wildman–Crippen MR) is 90.5 cm³/mol. The first-order valence-corrected chi connectivity index (χ1v) is 8.78. The molecule has 1 amide bonds.